The van der Waals surface area contributed by atoms with Gasteiger partial charge in [-0.2, -0.15) is 0 Å². The lowest BCUT2D eigenvalue weighted by Gasteiger charge is -2.27. The third-order valence-electron chi connectivity index (χ3n) is 3.13. The number of carbonyl (C=O) groups excluding carboxylic acids is 2. The highest BCUT2D eigenvalue weighted by atomic mass is 16.6. The van der Waals surface area contributed by atoms with E-state index in [0.717, 1.165) is 32.1 Å². The van der Waals surface area contributed by atoms with Crippen LogP contribution in [0.3, 0.4) is 0 Å². The van der Waals surface area contributed by atoms with Crippen molar-refractivity contribution in [2.75, 3.05) is 6.61 Å². The highest BCUT2D eigenvalue weighted by Crippen LogP contribution is 2.35. The highest BCUT2D eigenvalue weighted by molar-refractivity contribution is 5.76. The number of hydrogen-bond acceptors (Lipinski definition) is 4. The number of esters is 2. The van der Waals surface area contributed by atoms with E-state index in [4.69, 9.17) is 9.47 Å². The van der Waals surface area contributed by atoms with Gasteiger partial charge in [-0.05, 0) is 32.1 Å². The molecule has 0 N–H and O–H groups in total. The lowest BCUT2D eigenvalue weighted by molar-refractivity contribution is -0.170. The summed E-state index contributed by atoms with van der Waals surface area (Å²) in [6, 6.07) is 0. The van der Waals surface area contributed by atoms with Gasteiger partial charge < -0.3 is 9.47 Å². The third-order valence-corrected chi connectivity index (χ3v) is 3.13. The summed E-state index contributed by atoms with van der Waals surface area (Å²) >= 11 is 0. The molecule has 0 radical (unpaired) electrons. The van der Waals surface area contributed by atoms with Crippen LogP contribution in [0.25, 0.3) is 0 Å². The molecule has 0 saturated heterocycles. The number of carbonyl (C=O) groups is 2. The third kappa shape index (κ3) is 3.51. The van der Waals surface area contributed by atoms with Gasteiger partial charge in [0.05, 0.1) is 0 Å². The van der Waals surface area contributed by atoms with E-state index in [1.54, 1.807) is 6.92 Å². The zero-order valence-electron chi connectivity index (χ0n) is 10.1. The molecule has 0 heterocycles. The van der Waals surface area contributed by atoms with E-state index < -0.39 is 5.97 Å². The predicted molar refractivity (Wildman–Crippen MR) is 58.8 cm³/mol. The number of hydrogen-bond donors (Lipinski definition) is 0. The normalized spacial score (nSPS) is 18.1. The molecule has 0 aromatic carbocycles. The molecule has 1 aliphatic rings. The Hall–Kier alpha value is -1.06. The Labute approximate surface area is 96.3 Å². The van der Waals surface area contributed by atoms with E-state index in [9.17, 15) is 9.59 Å². The van der Waals surface area contributed by atoms with Gasteiger partial charge in [-0.3, -0.25) is 4.79 Å². The lowest BCUT2D eigenvalue weighted by atomic mass is 9.99. The first-order valence-electron chi connectivity index (χ1n) is 5.99. The summed E-state index contributed by atoms with van der Waals surface area (Å²) in [6.07, 6.45) is 5.19. The smallest absolute Gasteiger partial charge is 0.344 e. The Bertz CT molecular complexity index is 254. The van der Waals surface area contributed by atoms with Crippen LogP contribution in [-0.2, 0) is 19.1 Å². The van der Waals surface area contributed by atoms with Gasteiger partial charge in [0.25, 0.3) is 0 Å². The van der Waals surface area contributed by atoms with Gasteiger partial charge in [-0.25, -0.2) is 4.79 Å². The van der Waals surface area contributed by atoms with Crippen LogP contribution in [0, 0.1) is 0 Å². The molecular formula is C12H20O4. The Kier molecular flexibility index (Phi) is 4.77. The largest absolute Gasteiger partial charge is 0.457 e. The maximum Gasteiger partial charge on any atom is 0.344 e. The molecule has 0 aliphatic heterocycles. The van der Waals surface area contributed by atoms with Crippen molar-refractivity contribution in [2.45, 2.75) is 58.0 Å². The maximum absolute atomic E-state index is 11.5. The average Bonchev–Trinajstić information content (AvgIpc) is 2.75. The maximum atomic E-state index is 11.5. The zero-order valence-corrected chi connectivity index (χ0v) is 10.1. The van der Waals surface area contributed by atoms with Crippen LogP contribution in [0.2, 0.25) is 0 Å². The van der Waals surface area contributed by atoms with Gasteiger partial charge in [-0.1, -0.05) is 13.8 Å². The van der Waals surface area contributed by atoms with Crippen molar-refractivity contribution in [3.05, 3.63) is 0 Å². The van der Waals surface area contributed by atoms with Gasteiger partial charge in [-0.15, -0.1) is 0 Å². The molecule has 92 valence electrons. The predicted octanol–water partition coefficient (Wildman–Crippen LogP) is 2.21. The van der Waals surface area contributed by atoms with Crippen LogP contribution in [0.4, 0.5) is 0 Å². The van der Waals surface area contributed by atoms with Crippen molar-refractivity contribution in [1.29, 1.82) is 0 Å². The second-order valence-corrected chi connectivity index (χ2v) is 4.23. The quantitative estimate of drug-likeness (QED) is 0.677. The first kappa shape index (κ1) is 13.0. The Morgan fingerprint density at radius 2 is 1.75 bits per heavy atom. The summed E-state index contributed by atoms with van der Waals surface area (Å²) in [6.45, 7) is 3.46. The molecule has 4 heteroatoms. The summed E-state index contributed by atoms with van der Waals surface area (Å²) < 4.78 is 10.2. The van der Waals surface area contributed by atoms with Gasteiger partial charge in [0.15, 0.2) is 6.61 Å². The van der Waals surface area contributed by atoms with E-state index in [-0.39, 0.29) is 24.6 Å². The average molecular weight is 228 g/mol. The van der Waals surface area contributed by atoms with Crippen molar-refractivity contribution >= 4 is 11.9 Å². The Morgan fingerprint density at radius 3 is 2.25 bits per heavy atom. The first-order chi connectivity index (χ1) is 7.62. The Morgan fingerprint density at radius 1 is 1.12 bits per heavy atom. The molecule has 0 spiro atoms. The van der Waals surface area contributed by atoms with E-state index in [0.29, 0.717) is 0 Å². The molecule has 0 bridgehead atoms. The minimum atomic E-state index is -0.425. The molecule has 4 nitrogen and oxygen atoms in total. The SMILES string of the molecule is CCC(=O)OCC(=O)OC1(CC)CCCC1. The first-order valence-corrected chi connectivity index (χ1v) is 5.99. The van der Waals surface area contributed by atoms with Crippen LogP contribution in [-0.4, -0.2) is 24.1 Å². The summed E-state index contributed by atoms with van der Waals surface area (Å²) in [5, 5.41) is 0. The van der Waals surface area contributed by atoms with Gasteiger partial charge in [0, 0.05) is 6.42 Å². The molecule has 1 saturated carbocycles. The summed E-state index contributed by atoms with van der Waals surface area (Å²) in [5.41, 5.74) is -0.296. The summed E-state index contributed by atoms with van der Waals surface area (Å²) in [4.78, 5) is 22.4. The van der Waals surface area contributed by atoms with Crippen molar-refractivity contribution in [3.63, 3.8) is 0 Å². The number of ether oxygens (including phenoxy) is 2. The molecule has 0 unspecified atom stereocenters. The summed E-state index contributed by atoms with van der Waals surface area (Å²) in [7, 11) is 0. The van der Waals surface area contributed by atoms with Crippen molar-refractivity contribution in [3.8, 4) is 0 Å². The second kappa shape index (κ2) is 5.87. The molecule has 0 aromatic heterocycles. The molecule has 16 heavy (non-hydrogen) atoms. The van der Waals surface area contributed by atoms with E-state index in [1.165, 1.54) is 0 Å². The molecule has 1 aliphatic carbocycles. The minimum Gasteiger partial charge on any atom is -0.457 e. The molecule has 0 atom stereocenters. The second-order valence-electron chi connectivity index (χ2n) is 4.23. The monoisotopic (exact) mass is 228 g/mol. The molecular weight excluding hydrogens is 208 g/mol. The van der Waals surface area contributed by atoms with Crippen LogP contribution < -0.4 is 0 Å². The number of rotatable bonds is 5. The minimum absolute atomic E-state index is 0.256. The van der Waals surface area contributed by atoms with Crippen LogP contribution in [0.15, 0.2) is 0 Å². The molecule has 1 rings (SSSR count). The molecule has 1 fully saturated rings. The van der Waals surface area contributed by atoms with Crippen molar-refractivity contribution in [1.82, 2.24) is 0 Å². The Balaban J connectivity index is 2.35. The topological polar surface area (TPSA) is 52.6 Å². The van der Waals surface area contributed by atoms with Crippen molar-refractivity contribution < 1.29 is 19.1 Å². The fourth-order valence-corrected chi connectivity index (χ4v) is 2.06. The lowest BCUT2D eigenvalue weighted by Crippen LogP contribution is -2.33. The van der Waals surface area contributed by atoms with Gasteiger partial charge in [0.1, 0.15) is 5.60 Å². The molecule has 0 amide bonds. The van der Waals surface area contributed by atoms with Gasteiger partial charge in [0.2, 0.25) is 0 Å². The van der Waals surface area contributed by atoms with Crippen LogP contribution in [0.1, 0.15) is 52.4 Å². The molecule has 0 aromatic rings. The van der Waals surface area contributed by atoms with E-state index >= 15 is 0 Å². The highest BCUT2D eigenvalue weighted by Gasteiger charge is 2.35. The zero-order chi connectivity index (χ0) is 12.0. The van der Waals surface area contributed by atoms with Crippen LogP contribution >= 0.6 is 0 Å². The van der Waals surface area contributed by atoms with E-state index in [1.807, 2.05) is 6.92 Å². The standard InChI is InChI=1S/C12H20O4/c1-3-10(13)15-9-11(14)16-12(4-2)7-5-6-8-12/h3-9H2,1-2H3. The van der Waals surface area contributed by atoms with Crippen molar-refractivity contribution in [2.24, 2.45) is 0 Å². The fourth-order valence-electron chi connectivity index (χ4n) is 2.06. The van der Waals surface area contributed by atoms with Gasteiger partial charge >= 0.3 is 11.9 Å². The fraction of sp³-hybridized carbons (Fsp3) is 0.833. The van der Waals surface area contributed by atoms with E-state index in [2.05, 4.69) is 0 Å². The van der Waals surface area contributed by atoms with Crippen LogP contribution in [0.5, 0.6) is 0 Å². The summed E-state index contributed by atoms with van der Waals surface area (Å²) in [5.74, 6) is -0.792.